The highest BCUT2D eigenvalue weighted by Gasteiger charge is 2.35. The number of morpholine rings is 1. The Hall–Kier alpha value is -3.82. The van der Waals surface area contributed by atoms with Crippen molar-refractivity contribution in [3.63, 3.8) is 0 Å². The van der Waals surface area contributed by atoms with Gasteiger partial charge in [-0.25, -0.2) is 9.40 Å². The molecule has 1 fully saturated rings. The molecule has 0 aliphatic carbocycles. The number of carbonyl (C=O) groups excluding carboxylic acids is 2. The summed E-state index contributed by atoms with van der Waals surface area (Å²) in [6, 6.07) is 17.6. The van der Waals surface area contributed by atoms with Gasteiger partial charge in [0.25, 0.3) is 11.8 Å². The van der Waals surface area contributed by atoms with Crippen LogP contribution in [0.15, 0.2) is 72.0 Å². The van der Waals surface area contributed by atoms with Gasteiger partial charge in [-0.05, 0) is 36.8 Å². The summed E-state index contributed by atoms with van der Waals surface area (Å²) in [4.78, 5) is 31.0. The van der Waals surface area contributed by atoms with Crippen LogP contribution in [-0.2, 0) is 16.6 Å². The molecule has 1 saturated heterocycles. The summed E-state index contributed by atoms with van der Waals surface area (Å²) in [6.07, 6.45) is 2.51. The minimum absolute atomic E-state index is 0.0446. The number of rotatable bonds is 8. The lowest BCUT2D eigenvalue weighted by molar-refractivity contribution is -0.133. The molecule has 39 heavy (non-hydrogen) atoms. The predicted octanol–water partition coefficient (Wildman–Crippen LogP) is 3.62. The van der Waals surface area contributed by atoms with Crippen molar-refractivity contribution in [2.45, 2.75) is 19.4 Å². The van der Waals surface area contributed by atoms with Crippen molar-refractivity contribution in [3.8, 4) is 0 Å². The molecule has 0 unspecified atom stereocenters. The molecule has 204 valence electrons. The number of carbonyl (C=O) groups is 2. The Morgan fingerprint density at radius 2 is 1.79 bits per heavy atom. The second-order valence-electron chi connectivity index (χ2n) is 10.1. The summed E-state index contributed by atoms with van der Waals surface area (Å²) < 4.78 is 22.0. The molecule has 2 aliphatic heterocycles. The second-order valence-corrected chi connectivity index (χ2v) is 10.1. The first-order chi connectivity index (χ1) is 18.9. The Labute approximate surface area is 228 Å². The van der Waals surface area contributed by atoms with Crippen LogP contribution in [-0.4, -0.2) is 82.8 Å². The van der Waals surface area contributed by atoms with E-state index in [1.54, 1.807) is 12.1 Å². The van der Waals surface area contributed by atoms with E-state index in [9.17, 15) is 14.0 Å². The molecule has 1 aromatic heterocycles. The van der Waals surface area contributed by atoms with Crippen molar-refractivity contribution in [1.29, 1.82) is 0 Å². The van der Waals surface area contributed by atoms with Gasteiger partial charge in [-0.2, -0.15) is 5.10 Å². The molecule has 3 heterocycles. The lowest BCUT2D eigenvalue weighted by Gasteiger charge is -2.31. The number of halogens is 1. The molecule has 0 bridgehead atoms. The first-order valence-corrected chi connectivity index (χ1v) is 13.3. The predicted molar refractivity (Wildman–Crippen MR) is 147 cm³/mol. The van der Waals surface area contributed by atoms with Gasteiger partial charge in [0.2, 0.25) is 0 Å². The topological polar surface area (TPSA) is 70.4 Å². The number of hydrazone groups is 1. The van der Waals surface area contributed by atoms with E-state index in [-0.39, 0.29) is 30.6 Å². The fraction of sp³-hybridized carbons (Fsp3) is 0.367. The summed E-state index contributed by atoms with van der Waals surface area (Å²) >= 11 is 0. The molecule has 0 spiro atoms. The van der Waals surface area contributed by atoms with Crippen molar-refractivity contribution in [3.05, 3.63) is 95.1 Å². The van der Waals surface area contributed by atoms with Gasteiger partial charge in [-0.15, -0.1) is 0 Å². The van der Waals surface area contributed by atoms with Crippen LogP contribution in [0.25, 0.3) is 0 Å². The molecule has 8 nitrogen and oxygen atoms in total. The number of nitrogens with zero attached hydrogens (tertiary/aromatic N) is 5. The Morgan fingerprint density at radius 1 is 1.05 bits per heavy atom. The van der Waals surface area contributed by atoms with E-state index < -0.39 is 11.7 Å². The van der Waals surface area contributed by atoms with E-state index in [4.69, 9.17) is 9.84 Å². The summed E-state index contributed by atoms with van der Waals surface area (Å²) in [7, 11) is 1.95. The lowest BCUT2D eigenvalue weighted by Crippen LogP contribution is -2.46. The van der Waals surface area contributed by atoms with Crippen LogP contribution in [0.2, 0.25) is 0 Å². The highest BCUT2D eigenvalue weighted by Crippen LogP contribution is 2.33. The normalized spacial score (nSPS) is 17.8. The maximum absolute atomic E-state index is 14.6. The molecule has 2 amide bonds. The SMILES string of the molecule is Cc1ccc([C@@H]2CC(c3cccn3C)=NN2C(=O)CN(CCN2CCOCC2)C(=O)c2ccccc2F)cc1. The number of hydrogen-bond donors (Lipinski definition) is 0. The standard InChI is InChI=1S/C30H34FN5O3/c1-22-9-11-23(12-10-22)28-20-26(27-8-5-13-33(27)2)32-36(28)29(37)21-35(15-14-34-16-18-39-19-17-34)30(38)24-6-3-4-7-25(24)31/h3-13,28H,14-21H2,1-2H3/t28-/m0/s1. The minimum Gasteiger partial charge on any atom is -0.379 e. The number of benzene rings is 2. The van der Waals surface area contributed by atoms with Crippen LogP contribution in [0, 0.1) is 12.7 Å². The second kappa shape index (κ2) is 11.9. The average Bonchev–Trinajstić information content (AvgIpc) is 3.58. The summed E-state index contributed by atoms with van der Waals surface area (Å²) in [5, 5.41) is 6.27. The van der Waals surface area contributed by atoms with Crippen molar-refractivity contribution < 1.29 is 18.7 Å². The first kappa shape index (κ1) is 26.8. The molecule has 2 aliphatic rings. The molecule has 9 heteroatoms. The first-order valence-electron chi connectivity index (χ1n) is 13.3. The summed E-state index contributed by atoms with van der Waals surface area (Å²) in [5.41, 5.74) is 3.80. The van der Waals surface area contributed by atoms with E-state index in [0.29, 0.717) is 26.2 Å². The Morgan fingerprint density at radius 3 is 2.49 bits per heavy atom. The van der Waals surface area contributed by atoms with Crippen LogP contribution in [0.5, 0.6) is 0 Å². The Kier molecular flexibility index (Phi) is 8.18. The van der Waals surface area contributed by atoms with Crippen LogP contribution >= 0.6 is 0 Å². The smallest absolute Gasteiger partial charge is 0.262 e. The molecule has 3 aromatic rings. The van der Waals surface area contributed by atoms with E-state index in [1.807, 2.05) is 61.1 Å². The molecule has 0 N–H and O–H groups in total. The van der Waals surface area contributed by atoms with Gasteiger partial charge >= 0.3 is 0 Å². The third-order valence-electron chi connectivity index (χ3n) is 7.37. The monoisotopic (exact) mass is 531 g/mol. The Balaban J connectivity index is 1.41. The largest absolute Gasteiger partial charge is 0.379 e. The number of amides is 2. The van der Waals surface area contributed by atoms with Crippen LogP contribution in [0.3, 0.4) is 0 Å². The van der Waals surface area contributed by atoms with Crippen LogP contribution in [0.1, 0.15) is 39.6 Å². The van der Waals surface area contributed by atoms with Crippen molar-refractivity contribution in [1.82, 2.24) is 19.4 Å². The molecule has 0 radical (unpaired) electrons. The van der Waals surface area contributed by atoms with Gasteiger partial charge in [-0.1, -0.05) is 42.0 Å². The fourth-order valence-corrected chi connectivity index (χ4v) is 5.08. The van der Waals surface area contributed by atoms with Crippen molar-refractivity contribution in [2.75, 3.05) is 45.9 Å². The van der Waals surface area contributed by atoms with Crippen LogP contribution < -0.4 is 0 Å². The zero-order valence-electron chi connectivity index (χ0n) is 22.4. The van der Waals surface area contributed by atoms with Gasteiger partial charge in [-0.3, -0.25) is 14.5 Å². The molecule has 5 rings (SSSR count). The number of aromatic nitrogens is 1. The minimum atomic E-state index is -0.603. The van der Waals surface area contributed by atoms with Gasteiger partial charge in [0.05, 0.1) is 36.2 Å². The number of ether oxygens (including phenoxy) is 1. The third kappa shape index (κ3) is 6.10. The van der Waals surface area contributed by atoms with Gasteiger partial charge in [0.1, 0.15) is 12.4 Å². The molecule has 2 aromatic carbocycles. The zero-order valence-corrected chi connectivity index (χ0v) is 22.4. The van der Waals surface area contributed by atoms with E-state index in [2.05, 4.69) is 4.90 Å². The molecular formula is C30H34FN5O3. The highest BCUT2D eigenvalue weighted by molar-refractivity contribution is 6.02. The highest BCUT2D eigenvalue weighted by atomic mass is 19.1. The number of hydrogen-bond acceptors (Lipinski definition) is 5. The summed E-state index contributed by atoms with van der Waals surface area (Å²) in [6.45, 7) is 5.43. The van der Waals surface area contributed by atoms with Gasteiger partial charge in [0, 0.05) is 45.8 Å². The number of aryl methyl sites for hydroxylation is 2. The molecule has 1 atom stereocenters. The maximum atomic E-state index is 14.6. The quantitative estimate of drug-likeness (QED) is 0.445. The van der Waals surface area contributed by atoms with Crippen molar-refractivity contribution >= 4 is 17.5 Å². The van der Waals surface area contributed by atoms with Gasteiger partial charge < -0.3 is 14.2 Å². The maximum Gasteiger partial charge on any atom is 0.262 e. The lowest BCUT2D eigenvalue weighted by atomic mass is 9.99. The molecule has 0 saturated carbocycles. The third-order valence-corrected chi connectivity index (χ3v) is 7.37. The average molecular weight is 532 g/mol. The summed E-state index contributed by atoms with van der Waals surface area (Å²) in [5.74, 6) is -1.42. The van der Waals surface area contributed by atoms with Gasteiger partial charge in [0.15, 0.2) is 0 Å². The molecular weight excluding hydrogens is 497 g/mol. The Bertz CT molecular complexity index is 1350. The van der Waals surface area contributed by atoms with Crippen LogP contribution in [0.4, 0.5) is 4.39 Å². The fourth-order valence-electron chi connectivity index (χ4n) is 5.08. The van der Waals surface area contributed by atoms with E-state index in [0.717, 1.165) is 35.6 Å². The van der Waals surface area contributed by atoms with Crippen molar-refractivity contribution in [2.24, 2.45) is 12.1 Å². The zero-order chi connectivity index (χ0) is 27.4. The van der Waals surface area contributed by atoms with E-state index >= 15 is 0 Å². The van der Waals surface area contributed by atoms with E-state index in [1.165, 1.54) is 22.0 Å².